The summed E-state index contributed by atoms with van der Waals surface area (Å²) < 4.78 is 3.53. The molecule has 2 aliphatic carbocycles. The van der Waals surface area contributed by atoms with E-state index in [0.717, 1.165) is 6.42 Å². The van der Waals surface area contributed by atoms with Gasteiger partial charge in [0.2, 0.25) is 0 Å². The summed E-state index contributed by atoms with van der Waals surface area (Å²) in [7, 11) is 0. The van der Waals surface area contributed by atoms with Gasteiger partial charge in [0.25, 0.3) is 0 Å². The molecule has 0 aromatic heterocycles. The van der Waals surface area contributed by atoms with Gasteiger partial charge in [0.1, 0.15) is 0 Å². The zero-order chi connectivity index (χ0) is 13.1. The number of rotatable bonds is 4. The fraction of sp³-hybridized carbons (Fsp3) is 0.471. The maximum Gasteiger partial charge on any atom is -1.00 e. The Hall–Kier alpha value is 0.293. The van der Waals surface area contributed by atoms with Gasteiger partial charge in [-0.2, -0.15) is 0 Å². The van der Waals surface area contributed by atoms with E-state index in [4.69, 9.17) is 0 Å². The van der Waals surface area contributed by atoms with Crippen molar-refractivity contribution >= 4 is 3.21 Å². The van der Waals surface area contributed by atoms with Crippen LogP contribution in [0.3, 0.4) is 0 Å². The minimum absolute atomic E-state index is 0. The molecule has 0 fully saturated rings. The van der Waals surface area contributed by atoms with Crippen LogP contribution in [0.1, 0.15) is 53.4 Å². The van der Waals surface area contributed by atoms with Crippen LogP contribution in [0.15, 0.2) is 43.8 Å². The van der Waals surface area contributed by atoms with E-state index in [-0.39, 0.29) is 24.8 Å². The van der Waals surface area contributed by atoms with Gasteiger partial charge >= 0.3 is 123 Å². The van der Waals surface area contributed by atoms with Crippen LogP contribution in [0, 0.1) is 0 Å². The van der Waals surface area contributed by atoms with Gasteiger partial charge in [-0.3, -0.25) is 0 Å². The van der Waals surface area contributed by atoms with Crippen molar-refractivity contribution in [3.63, 3.8) is 0 Å². The van der Waals surface area contributed by atoms with E-state index < -0.39 is 22.8 Å². The van der Waals surface area contributed by atoms with E-state index in [0.29, 0.717) is 0 Å². The molecule has 0 spiro atoms. The van der Waals surface area contributed by atoms with E-state index in [1.165, 1.54) is 19.3 Å². The molecule has 0 nitrogen and oxygen atoms in total. The molecule has 0 amide bonds. The first-order valence-electron chi connectivity index (χ1n) is 7.05. The summed E-state index contributed by atoms with van der Waals surface area (Å²) in [6.07, 6.45) is 11.8. The van der Waals surface area contributed by atoms with Gasteiger partial charge in [-0.1, -0.05) is 0 Å². The van der Waals surface area contributed by atoms with Crippen LogP contribution >= 0.6 is 0 Å². The summed E-state index contributed by atoms with van der Waals surface area (Å²) in [5.41, 5.74) is 6.68. The summed E-state index contributed by atoms with van der Waals surface area (Å²) in [6, 6.07) is 0. The minimum Gasteiger partial charge on any atom is -1.00 e. The quantitative estimate of drug-likeness (QED) is 0.576. The molecule has 0 saturated heterocycles. The summed E-state index contributed by atoms with van der Waals surface area (Å²) in [6.45, 7) is 9.30. The van der Waals surface area contributed by atoms with Gasteiger partial charge in [0, 0.05) is 0 Å². The molecular weight excluding hydrogens is 366 g/mol. The van der Waals surface area contributed by atoms with Crippen molar-refractivity contribution in [2.24, 2.45) is 0 Å². The maximum absolute atomic E-state index is 2.34. The Bertz CT molecular complexity index is 501. The second kappa shape index (κ2) is 9.34. The van der Waals surface area contributed by atoms with Crippen molar-refractivity contribution in [2.45, 2.75) is 53.4 Å². The van der Waals surface area contributed by atoms with Crippen LogP contribution in [0.5, 0.6) is 0 Å². The van der Waals surface area contributed by atoms with Crippen LogP contribution in [-0.4, -0.2) is 3.21 Å². The molecule has 20 heavy (non-hydrogen) atoms. The fourth-order valence-corrected chi connectivity index (χ4v) is 6.26. The van der Waals surface area contributed by atoms with Crippen LogP contribution in [0.25, 0.3) is 0 Å². The molecule has 0 aliphatic heterocycles. The molecular formula is C17H23Cl2Zr. The summed E-state index contributed by atoms with van der Waals surface area (Å²) in [4.78, 5) is 0. The van der Waals surface area contributed by atoms with Gasteiger partial charge in [0.15, 0.2) is 0 Å². The Morgan fingerprint density at radius 3 is 2.30 bits per heavy atom. The van der Waals surface area contributed by atoms with Crippen molar-refractivity contribution in [1.82, 2.24) is 0 Å². The topological polar surface area (TPSA) is 0 Å². The van der Waals surface area contributed by atoms with Gasteiger partial charge in [-0.25, -0.2) is 0 Å². The molecule has 0 bridgehead atoms. The van der Waals surface area contributed by atoms with Gasteiger partial charge in [-0.15, -0.1) is 0 Å². The summed E-state index contributed by atoms with van der Waals surface area (Å²) in [5.74, 6) is 0. The standard InChI is InChI=1S/C14H17.C3H6.2ClH.Zr/c1-3-11-9-10-14(13(11)4-2)12-7-5-6-8-12;1-3-2;;;/h5-7H,3-4,8-9H2,1-2H3;1-2H3;2*1H;/q;;;;+2/p-2. The maximum atomic E-state index is 2.34. The van der Waals surface area contributed by atoms with Crippen LogP contribution in [0.4, 0.5) is 0 Å². The summed E-state index contributed by atoms with van der Waals surface area (Å²) >= 11 is -0.454. The molecule has 0 aromatic rings. The van der Waals surface area contributed by atoms with Crippen molar-refractivity contribution < 1.29 is 47.6 Å². The fourth-order valence-electron chi connectivity index (χ4n) is 2.96. The predicted molar refractivity (Wildman–Crippen MR) is 77.4 cm³/mol. The molecule has 0 N–H and O–H groups in total. The van der Waals surface area contributed by atoms with Crippen LogP contribution in [-0.2, 0) is 22.8 Å². The molecule has 0 saturated carbocycles. The summed E-state index contributed by atoms with van der Waals surface area (Å²) in [5, 5.41) is 0. The Kier molecular flexibility index (Phi) is 9.48. The smallest absolute Gasteiger partial charge is 1.00 e. The van der Waals surface area contributed by atoms with Gasteiger partial charge < -0.3 is 24.8 Å². The SMILES string of the molecule is CCC1=C(CC)C(C2=CC=CC2)=[C]([Zr+2]=[C](C)C)C1.[Cl-].[Cl-]. The molecule has 0 radical (unpaired) electrons. The second-order valence-corrected chi connectivity index (χ2v) is 9.82. The third-order valence-corrected chi connectivity index (χ3v) is 6.71. The first-order valence-corrected chi connectivity index (χ1v) is 9.50. The molecule has 0 aromatic carbocycles. The largest absolute Gasteiger partial charge is 1.00 e. The van der Waals surface area contributed by atoms with Crippen LogP contribution in [0.2, 0.25) is 0 Å². The molecule has 3 heteroatoms. The van der Waals surface area contributed by atoms with E-state index in [2.05, 4.69) is 45.9 Å². The molecule has 0 atom stereocenters. The Labute approximate surface area is 147 Å². The average Bonchev–Trinajstić information content (AvgIpc) is 2.94. The van der Waals surface area contributed by atoms with Crippen molar-refractivity contribution in [3.8, 4) is 0 Å². The zero-order valence-corrected chi connectivity index (χ0v) is 16.8. The van der Waals surface area contributed by atoms with Crippen molar-refractivity contribution in [1.29, 1.82) is 0 Å². The molecule has 2 aliphatic rings. The first kappa shape index (κ1) is 20.3. The van der Waals surface area contributed by atoms with E-state index in [1.54, 1.807) is 25.5 Å². The predicted octanol–water partition coefficient (Wildman–Crippen LogP) is -1.05. The third kappa shape index (κ3) is 4.39. The number of allylic oxidation sites excluding steroid dienone is 8. The van der Waals surface area contributed by atoms with Crippen molar-refractivity contribution in [2.75, 3.05) is 0 Å². The Morgan fingerprint density at radius 2 is 1.85 bits per heavy atom. The number of halogens is 2. The number of hydrogen-bond acceptors (Lipinski definition) is 0. The Morgan fingerprint density at radius 1 is 1.15 bits per heavy atom. The normalized spacial score (nSPS) is 16.7. The second-order valence-electron chi connectivity index (χ2n) is 5.27. The third-order valence-electron chi connectivity index (χ3n) is 3.69. The molecule has 109 valence electrons. The van der Waals surface area contributed by atoms with E-state index in [9.17, 15) is 0 Å². The van der Waals surface area contributed by atoms with Gasteiger partial charge in [0.05, 0.1) is 0 Å². The van der Waals surface area contributed by atoms with Crippen LogP contribution < -0.4 is 24.8 Å². The monoisotopic (exact) mass is 387 g/mol. The average molecular weight is 390 g/mol. The first-order chi connectivity index (χ1) is 8.67. The molecule has 2 rings (SSSR count). The molecule has 0 unspecified atom stereocenters. The van der Waals surface area contributed by atoms with E-state index in [1.807, 2.05) is 3.28 Å². The van der Waals surface area contributed by atoms with E-state index >= 15 is 0 Å². The Balaban J connectivity index is 0.00000180. The minimum atomic E-state index is -0.454. The number of hydrogen-bond donors (Lipinski definition) is 0. The van der Waals surface area contributed by atoms with Gasteiger partial charge in [-0.05, 0) is 0 Å². The zero-order valence-electron chi connectivity index (χ0n) is 12.8. The molecule has 0 heterocycles. The van der Waals surface area contributed by atoms with Crippen molar-refractivity contribution in [3.05, 3.63) is 43.8 Å².